The third-order valence-corrected chi connectivity index (χ3v) is 2.88. The summed E-state index contributed by atoms with van der Waals surface area (Å²) in [4.78, 5) is 12.9. The lowest BCUT2D eigenvalue weighted by Crippen LogP contribution is -2.30. The Morgan fingerprint density at radius 1 is 1.31 bits per heavy atom. The van der Waals surface area contributed by atoms with Gasteiger partial charge in [0.25, 0.3) is 0 Å². The monoisotopic (exact) mass is 241 g/mol. The predicted octanol–water partition coefficient (Wildman–Crippen LogP) is 2.66. The topological polar surface area (TPSA) is 40.5 Å². The second-order valence-electron chi connectivity index (χ2n) is 4.09. The summed E-state index contributed by atoms with van der Waals surface area (Å²) in [6.07, 6.45) is 0. The van der Waals surface area contributed by atoms with Crippen molar-refractivity contribution < 1.29 is 9.90 Å². The molecule has 4 heteroatoms. The number of hydrogen-bond acceptors (Lipinski definition) is 2. The molecule has 0 bridgehead atoms. The summed E-state index contributed by atoms with van der Waals surface area (Å²) in [7, 11) is 3.75. The zero-order valence-corrected chi connectivity index (χ0v) is 10.4. The molecule has 1 aromatic rings. The largest absolute Gasteiger partial charge is 0.481 e. The molecule has 3 nitrogen and oxygen atoms in total. The molecule has 0 aliphatic rings. The average molecular weight is 242 g/mol. The van der Waals surface area contributed by atoms with Crippen LogP contribution in [0.5, 0.6) is 0 Å². The fourth-order valence-corrected chi connectivity index (χ4v) is 1.96. The van der Waals surface area contributed by atoms with Crippen molar-refractivity contribution in [2.24, 2.45) is 5.92 Å². The van der Waals surface area contributed by atoms with Gasteiger partial charge in [-0.2, -0.15) is 0 Å². The molecule has 88 valence electrons. The number of carboxylic acids is 1. The van der Waals surface area contributed by atoms with Gasteiger partial charge < -0.3 is 10.0 Å². The van der Waals surface area contributed by atoms with Gasteiger partial charge in [-0.1, -0.05) is 30.7 Å². The van der Waals surface area contributed by atoms with Gasteiger partial charge in [0.15, 0.2) is 0 Å². The Kier molecular flexibility index (Phi) is 4.33. The zero-order valence-electron chi connectivity index (χ0n) is 9.64. The fraction of sp³-hybridized carbons (Fsp3) is 0.417. The van der Waals surface area contributed by atoms with E-state index in [2.05, 4.69) is 0 Å². The minimum atomic E-state index is -0.798. The van der Waals surface area contributed by atoms with Crippen LogP contribution in [0.25, 0.3) is 0 Å². The molecule has 0 fully saturated rings. The molecule has 1 aromatic carbocycles. The Balaban J connectivity index is 3.03. The van der Waals surface area contributed by atoms with Gasteiger partial charge >= 0.3 is 5.97 Å². The zero-order chi connectivity index (χ0) is 12.3. The van der Waals surface area contributed by atoms with Gasteiger partial charge in [-0.25, -0.2) is 0 Å². The molecule has 0 spiro atoms. The molecule has 0 saturated carbocycles. The highest BCUT2D eigenvalue weighted by atomic mass is 35.5. The summed E-state index contributed by atoms with van der Waals surface area (Å²) < 4.78 is 0. The average Bonchev–Trinajstić information content (AvgIpc) is 2.20. The van der Waals surface area contributed by atoms with E-state index >= 15 is 0 Å². The first kappa shape index (κ1) is 13.0. The van der Waals surface area contributed by atoms with E-state index in [-0.39, 0.29) is 6.04 Å². The number of halogens is 1. The highest BCUT2D eigenvalue weighted by Gasteiger charge is 2.26. The van der Waals surface area contributed by atoms with Gasteiger partial charge in [-0.05, 0) is 31.8 Å². The summed E-state index contributed by atoms with van der Waals surface area (Å²) in [5, 5.41) is 9.72. The van der Waals surface area contributed by atoms with Gasteiger partial charge in [0.1, 0.15) is 0 Å². The summed E-state index contributed by atoms with van der Waals surface area (Å²) in [5.74, 6) is -1.26. The van der Waals surface area contributed by atoms with E-state index in [4.69, 9.17) is 16.7 Å². The highest BCUT2D eigenvalue weighted by molar-refractivity contribution is 6.30. The first-order chi connectivity index (χ1) is 7.43. The van der Waals surface area contributed by atoms with Crippen molar-refractivity contribution in [3.63, 3.8) is 0 Å². The molecule has 0 amide bonds. The molecule has 0 aliphatic heterocycles. The van der Waals surface area contributed by atoms with Gasteiger partial charge in [0.05, 0.1) is 5.92 Å². The van der Waals surface area contributed by atoms with Gasteiger partial charge in [-0.3, -0.25) is 4.79 Å². The lowest BCUT2D eigenvalue weighted by atomic mass is 9.94. The second kappa shape index (κ2) is 5.32. The van der Waals surface area contributed by atoms with Crippen LogP contribution < -0.4 is 0 Å². The van der Waals surface area contributed by atoms with E-state index in [1.807, 2.05) is 31.1 Å². The van der Waals surface area contributed by atoms with Crippen LogP contribution in [0.1, 0.15) is 18.5 Å². The first-order valence-corrected chi connectivity index (χ1v) is 5.46. The Morgan fingerprint density at radius 3 is 2.19 bits per heavy atom. The van der Waals surface area contributed by atoms with Crippen LogP contribution >= 0.6 is 11.6 Å². The maximum atomic E-state index is 11.0. The van der Waals surface area contributed by atoms with Crippen LogP contribution in [-0.4, -0.2) is 30.1 Å². The standard InChI is InChI=1S/C12H16ClNO2/c1-8(12(15)16)11(14(2)3)9-4-6-10(13)7-5-9/h4-8,11H,1-3H3,(H,15,16). The smallest absolute Gasteiger partial charge is 0.308 e. The second-order valence-corrected chi connectivity index (χ2v) is 4.52. The number of hydrogen-bond donors (Lipinski definition) is 1. The van der Waals surface area contributed by atoms with Crippen LogP contribution in [0.15, 0.2) is 24.3 Å². The Morgan fingerprint density at radius 2 is 1.81 bits per heavy atom. The molecule has 0 aromatic heterocycles. The van der Waals surface area contributed by atoms with Crippen LogP contribution in [0.3, 0.4) is 0 Å². The van der Waals surface area contributed by atoms with E-state index in [0.29, 0.717) is 5.02 Å². The van der Waals surface area contributed by atoms with E-state index < -0.39 is 11.9 Å². The van der Waals surface area contributed by atoms with Crippen LogP contribution in [-0.2, 0) is 4.79 Å². The Labute approximate surface area is 101 Å². The quantitative estimate of drug-likeness (QED) is 0.881. The van der Waals surface area contributed by atoms with Crippen LogP contribution in [0.4, 0.5) is 0 Å². The Bertz CT molecular complexity index is 362. The minimum absolute atomic E-state index is 0.144. The molecular formula is C12H16ClNO2. The molecule has 0 radical (unpaired) electrons. The van der Waals surface area contributed by atoms with Crippen molar-refractivity contribution in [3.05, 3.63) is 34.9 Å². The third kappa shape index (κ3) is 2.97. The third-order valence-electron chi connectivity index (χ3n) is 2.63. The molecule has 0 aliphatic carbocycles. The summed E-state index contributed by atoms with van der Waals surface area (Å²) in [6, 6.07) is 7.15. The fourth-order valence-electron chi connectivity index (χ4n) is 1.83. The normalized spacial score (nSPS) is 14.8. The van der Waals surface area contributed by atoms with E-state index in [1.165, 1.54) is 0 Å². The van der Waals surface area contributed by atoms with Gasteiger partial charge in [-0.15, -0.1) is 0 Å². The molecule has 2 unspecified atom stereocenters. The Hall–Kier alpha value is -1.06. The van der Waals surface area contributed by atoms with Crippen LogP contribution in [0.2, 0.25) is 5.02 Å². The molecule has 0 saturated heterocycles. The minimum Gasteiger partial charge on any atom is -0.481 e. The van der Waals surface area contributed by atoms with Gasteiger partial charge in [0.2, 0.25) is 0 Å². The van der Waals surface area contributed by atoms with Crippen molar-refractivity contribution >= 4 is 17.6 Å². The molecule has 16 heavy (non-hydrogen) atoms. The van der Waals surface area contributed by atoms with Crippen molar-refractivity contribution in [1.82, 2.24) is 4.90 Å². The molecule has 1 rings (SSSR count). The maximum absolute atomic E-state index is 11.0. The van der Waals surface area contributed by atoms with E-state index in [0.717, 1.165) is 5.56 Å². The van der Waals surface area contributed by atoms with Crippen LogP contribution in [0, 0.1) is 5.92 Å². The maximum Gasteiger partial charge on any atom is 0.308 e. The number of nitrogens with zero attached hydrogens (tertiary/aromatic N) is 1. The molecule has 1 N–H and O–H groups in total. The number of carbonyl (C=O) groups is 1. The number of rotatable bonds is 4. The molecular weight excluding hydrogens is 226 g/mol. The number of aliphatic carboxylic acids is 1. The molecule has 2 atom stereocenters. The lowest BCUT2D eigenvalue weighted by Gasteiger charge is -2.28. The van der Waals surface area contributed by atoms with Crippen molar-refractivity contribution in [2.45, 2.75) is 13.0 Å². The van der Waals surface area contributed by atoms with Crippen molar-refractivity contribution in [3.8, 4) is 0 Å². The SMILES string of the molecule is CC(C(=O)O)C(c1ccc(Cl)cc1)N(C)C. The summed E-state index contributed by atoms with van der Waals surface area (Å²) >= 11 is 5.81. The first-order valence-electron chi connectivity index (χ1n) is 5.08. The number of carboxylic acid groups (broad SMARTS) is 1. The van der Waals surface area contributed by atoms with E-state index in [9.17, 15) is 4.79 Å². The van der Waals surface area contributed by atoms with Gasteiger partial charge in [0, 0.05) is 11.1 Å². The lowest BCUT2D eigenvalue weighted by molar-refractivity contribution is -0.143. The van der Waals surface area contributed by atoms with Crippen molar-refractivity contribution in [1.29, 1.82) is 0 Å². The van der Waals surface area contributed by atoms with E-state index in [1.54, 1.807) is 19.1 Å². The highest BCUT2D eigenvalue weighted by Crippen LogP contribution is 2.27. The number of benzene rings is 1. The summed E-state index contributed by atoms with van der Waals surface area (Å²) in [6.45, 7) is 1.71. The molecule has 0 heterocycles. The predicted molar refractivity (Wildman–Crippen MR) is 64.7 cm³/mol. The van der Waals surface area contributed by atoms with Crippen molar-refractivity contribution in [2.75, 3.05) is 14.1 Å². The summed E-state index contributed by atoms with van der Waals surface area (Å²) in [5.41, 5.74) is 0.962.